The highest BCUT2D eigenvalue weighted by Gasteiger charge is 2.48. The largest absolute Gasteiger partial charge is 0.350 e. The van der Waals surface area contributed by atoms with Crippen LogP contribution in [-0.4, -0.2) is 52.7 Å². The third-order valence-electron chi connectivity index (χ3n) is 7.06. The molecule has 3 amide bonds. The molecule has 2 aromatic carbocycles. The summed E-state index contributed by atoms with van der Waals surface area (Å²) in [5, 5.41) is 2.80. The van der Waals surface area contributed by atoms with Crippen molar-refractivity contribution in [1.29, 1.82) is 0 Å². The maximum absolute atomic E-state index is 13.6. The van der Waals surface area contributed by atoms with Crippen LogP contribution in [0.2, 0.25) is 0 Å². The van der Waals surface area contributed by atoms with Crippen LogP contribution in [0, 0.1) is 11.7 Å². The molecule has 1 saturated carbocycles. The Bertz CT molecular complexity index is 1010. The standard InChI is InChI=1S/C27H32FN3O3/c1-2-30(18-25(32)29-17-19-12-14-22(28)15-13-19)27(34)24-16-21-10-6-7-11-23(21)31(24)26(33)20-8-4-3-5-9-20/h3-5,8-9,12-15,21,23-24H,2,6-7,10-11,16-18H2,1H3,(H,29,32). The number of benzene rings is 2. The number of amides is 3. The smallest absolute Gasteiger partial charge is 0.254 e. The van der Waals surface area contributed by atoms with Gasteiger partial charge in [0.15, 0.2) is 0 Å². The highest BCUT2D eigenvalue weighted by molar-refractivity contribution is 5.98. The van der Waals surface area contributed by atoms with Gasteiger partial charge in [0.05, 0.1) is 6.54 Å². The number of hydrogen-bond donors (Lipinski definition) is 1. The van der Waals surface area contributed by atoms with E-state index in [9.17, 15) is 18.8 Å². The zero-order valence-electron chi connectivity index (χ0n) is 19.6. The molecule has 180 valence electrons. The molecule has 4 rings (SSSR count). The molecule has 1 aliphatic heterocycles. The minimum atomic E-state index is -0.550. The molecule has 1 N–H and O–H groups in total. The van der Waals surface area contributed by atoms with Crippen LogP contribution in [0.15, 0.2) is 54.6 Å². The molecule has 2 fully saturated rings. The molecular formula is C27H32FN3O3. The number of likely N-dealkylation sites (tertiary alicyclic amines) is 1. The number of rotatable bonds is 7. The first-order valence-electron chi connectivity index (χ1n) is 12.2. The van der Waals surface area contributed by atoms with Gasteiger partial charge in [0.1, 0.15) is 11.9 Å². The number of nitrogens with zero attached hydrogens (tertiary/aromatic N) is 2. The quantitative estimate of drug-likeness (QED) is 0.677. The summed E-state index contributed by atoms with van der Waals surface area (Å²) in [5.74, 6) is -0.565. The van der Waals surface area contributed by atoms with Crippen LogP contribution >= 0.6 is 0 Å². The minimum absolute atomic E-state index is 0.0708. The van der Waals surface area contributed by atoms with Crippen LogP contribution in [0.5, 0.6) is 0 Å². The van der Waals surface area contributed by atoms with E-state index in [4.69, 9.17) is 0 Å². The maximum Gasteiger partial charge on any atom is 0.254 e. The van der Waals surface area contributed by atoms with E-state index in [2.05, 4.69) is 5.32 Å². The molecule has 2 aliphatic rings. The Morgan fingerprint density at radius 1 is 1.03 bits per heavy atom. The van der Waals surface area contributed by atoms with Crippen LogP contribution in [0.25, 0.3) is 0 Å². The summed E-state index contributed by atoms with van der Waals surface area (Å²) in [6, 6.07) is 14.6. The second-order valence-electron chi connectivity index (χ2n) is 9.20. The third kappa shape index (κ3) is 5.29. The number of carbonyl (C=O) groups excluding carboxylic acids is 3. The van der Waals surface area contributed by atoms with Crippen molar-refractivity contribution in [1.82, 2.24) is 15.1 Å². The zero-order chi connectivity index (χ0) is 24.1. The lowest BCUT2D eigenvalue weighted by Gasteiger charge is -2.35. The predicted molar refractivity (Wildman–Crippen MR) is 127 cm³/mol. The summed E-state index contributed by atoms with van der Waals surface area (Å²) in [7, 11) is 0. The monoisotopic (exact) mass is 465 g/mol. The molecule has 34 heavy (non-hydrogen) atoms. The highest BCUT2D eigenvalue weighted by Crippen LogP contribution is 2.41. The summed E-state index contributed by atoms with van der Waals surface area (Å²) in [6.07, 6.45) is 4.77. The Morgan fingerprint density at radius 2 is 1.74 bits per heavy atom. The van der Waals surface area contributed by atoms with Crippen molar-refractivity contribution in [2.45, 2.75) is 57.7 Å². The van der Waals surface area contributed by atoms with Gasteiger partial charge in [-0.05, 0) is 61.9 Å². The lowest BCUT2D eigenvalue weighted by Crippen LogP contribution is -2.52. The van der Waals surface area contributed by atoms with E-state index < -0.39 is 6.04 Å². The summed E-state index contributed by atoms with van der Waals surface area (Å²) in [5.41, 5.74) is 1.37. The number of fused-ring (bicyclic) bond motifs is 1. The fourth-order valence-corrected chi connectivity index (χ4v) is 5.29. The normalized spacial score (nSPS) is 21.6. The van der Waals surface area contributed by atoms with Gasteiger partial charge in [0.25, 0.3) is 5.91 Å². The van der Waals surface area contributed by atoms with Crippen LogP contribution in [0.1, 0.15) is 54.9 Å². The molecule has 1 saturated heterocycles. The molecule has 6 nitrogen and oxygen atoms in total. The van der Waals surface area contributed by atoms with Gasteiger partial charge in [-0.25, -0.2) is 4.39 Å². The van der Waals surface area contributed by atoms with Gasteiger partial charge < -0.3 is 15.1 Å². The van der Waals surface area contributed by atoms with E-state index in [1.165, 1.54) is 17.0 Å². The lowest BCUT2D eigenvalue weighted by atomic mass is 9.84. The van der Waals surface area contributed by atoms with Gasteiger partial charge >= 0.3 is 0 Å². The molecule has 3 unspecified atom stereocenters. The van der Waals surface area contributed by atoms with E-state index in [-0.39, 0.29) is 42.7 Å². The number of halogens is 1. The van der Waals surface area contributed by atoms with Crippen molar-refractivity contribution < 1.29 is 18.8 Å². The van der Waals surface area contributed by atoms with Gasteiger partial charge in [-0.2, -0.15) is 0 Å². The fraction of sp³-hybridized carbons (Fsp3) is 0.444. The summed E-state index contributed by atoms with van der Waals surface area (Å²) >= 11 is 0. The molecule has 2 aromatic rings. The van der Waals surface area contributed by atoms with Gasteiger partial charge in [-0.3, -0.25) is 14.4 Å². The fourth-order valence-electron chi connectivity index (χ4n) is 5.29. The second-order valence-corrected chi connectivity index (χ2v) is 9.20. The van der Waals surface area contributed by atoms with Crippen molar-refractivity contribution in [3.8, 4) is 0 Å². The van der Waals surface area contributed by atoms with E-state index in [1.54, 1.807) is 29.2 Å². The molecular weight excluding hydrogens is 433 g/mol. The molecule has 0 aromatic heterocycles. The lowest BCUT2D eigenvalue weighted by molar-refractivity contribution is -0.139. The van der Waals surface area contributed by atoms with Crippen LogP contribution in [-0.2, 0) is 16.1 Å². The Hall–Kier alpha value is -3.22. The van der Waals surface area contributed by atoms with Crippen molar-refractivity contribution in [3.05, 3.63) is 71.5 Å². The summed E-state index contributed by atoms with van der Waals surface area (Å²) < 4.78 is 13.1. The topological polar surface area (TPSA) is 69.7 Å². The number of hydrogen-bond acceptors (Lipinski definition) is 3. The molecule has 0 spiro atoms. The average molecular weight is 466 g/mol. The number of carbonyl (C=O) groups is 3. The van der Waals surface area contributed by atoms with Crippen molar-refractivity contribution in [2.75, 3.05) is 13.1 Å². The first-order valence-corrected chi connectivity index (χ1v) is 12.2. The van der Waals surface area contributed by atoms with Crippen molar-refractivity contribution in [3.63, 3.8) is 0 Å². The predicted octanol–water partition coefficient (Wildman–Crippen LogP) is 3.76. The number of likely N-dealkylation sites (N-methyl/N-ethyl adjacent to an activating group) is 1. The van der Waals surface area contributed by atoms with E-state index in [0.29, 0.717) is 24.4 Å². The van der Waals surface area contributed by atoms with Crippen LogP contribution in [0.3, 0.4) is 0 Å². The summed E-state index contributed by atoms with van der Waals surface area (Å²) in [4.78, 5) is 43.0. The minimum Gasteiger partial charge on any atom is -0.350 e. The van der Waals surface area contributed by atoms with Gasteiger partial charge in [0, 0.05) is 24.7 Å². The SMILES string of the molecule is CCN(CC(=O)NCc1ccc(F)cc1)C(=O)C1CC2CCCCC2N1C(=O)c1ccccc1. The van der Waals surface area contributed by atoms with E-state index in [1.807, 2.05) is 25.1 Å². The Morgan fingerprint density at radius 3 is 2.44 bits per heavy atom. The van der Waals surface area contributed by atoms with E-state index in [0.717, 1.165) is 31.2 Å². The molecule has 7 heteroatoms. The Balaban J connectivity index is 1.46. The van der Waals surface area contributed by atoms with E-state index >= 15 is 0 Å². The zero-order valence-corrected chi connectivity index (χ0v) is 19.6. The molecule has 1 heterocycles. The molecule has 3 atom stereocenters. The average Bonchev–Trinajstić information content (AvgIpc) is 3.26. The first kappa shape index (κ1) is 23.9. The molecule has 0 radical (unpaired) electrons. The maximum atomic E-state index is 13.6. The van der Waals surface area contributed by atoms with Crippen molar-refractivity contribution in [2.24, 2.45) is 5.92 Å². The van der Waals surface area contributed by atoms with Crippen molar-refractivity contribution >= 4 is 17.7 Å². The third-order valence-corrected chi connectivity index (χ3v) is 7.06. The Labute approximate surface area is 200 Å². The van der Waals surface area contributed by atoms with Crippen LogP contribution in [0.4, 0.5) is 4.39 Å². The second kappa shape index (κ2) is 10.8. The first-order chi connectivity index (χ1) is 16.5. The molecule has 0 bridgehead atoms. The van der Waals surface area contributed by atoms with Gasteiger partial charge in [0.2, 0.25) is 11.8 Å². The highest BCUT2D eigenvalue weighted by atomic mass is 19.1. The molecule has 1 aliphatic carbocycles. The Kier molecular flexibility index (Phi) is 7.60. The number of nitrogens with one attached hydrogen (secondary N) is 1. The van der Waals surface area contributed by atoms with Gasteiger partial charge in [-0.1, -0.05) is 43.2 Å². The van der Waals surface area contributed by atoms with Gasteiger partial charge in [-0.15, -0.1) is 0 Å². The van der Waals surface area contributed by atoms with Crippen LogP contribution < -0.4 is 5.32 Å². The summed E-state index contributed by atoms with van der Waals surface area (Å²) in [6.45, 7) is 2.41.